The quantitative estimate of drug-likeness (QED) is 0.751. The van der Waals surface area contributed by atoms with Crippen molar-refractivity contribution < 1.29 is 9.21 Å². The van der Waals surface area contributed by atoms with Crippen molar-refractivity contribution in [2.45, 2.75) is 32.7 Å². The fourth-order valence-corrected chi connectivity index (χ4v) is 2.61. The molecule has 118 valence electrons. The zero-order valence-electron chi connectivity index (χ0n) is 13.5. The molecule has 0 atom stereocenters. The predicted molar refractivity (Wildman–Crippen MR) is 93.2 cm³/mol. The van der Waals surface area contributed by atoms with Gasteiger partial charge >= 0.3 is 0 Å². The van der Waals surface area contributed by atoms with Crippen LogP contribution < -0.4 is 5.32 Å². The SMILES string of the molecule is CC(C)NC(=O)CCc1ccc(-c2cc3ccccc3o2)cc1. The second kappa shape index (κ2) is 6.69. The van der Waals surface area contributed by atoms with Crippen molar-refractivity contribution in [3.05, 3.63) is 60.2 Å². The van der Waals surface area contributed by atoms with Gasteiger partial charge < -0.3 is 9.73 Å². The van der Waals surface area contributed by atoms with Gasteiger partial charge in [0.25, 0.3) is 0 Å². The van der Waals surface area contributed by atoms with Crippen LogP contribution in [-0.2, 0) is 11.2 Å². The normalized spacial score (nSPS) is 11.1. The van der Waals surface area contributed by atoms with Gasteiger partial charge in [-0.25, -0.2) is 0 Å². The molecule has 3 aromatic rings. The second-order valence-corrected chi connectivity index (χ2v) is 6.07. The molecule has 0 aliphatic rings. The van der Waals surface area contributed by atoms with Crippen LogP contribution in [0.1, 0.15) is 25.8 Å². The summed E-state index contributed by atoms with van der Waals surface area (Å²) in [5, 5.41) is 4.02. The van der Waals surface area contributed by atoms with E-state index in [1.165, 1.54) is 0 Å². The number of rotatable bonds is 5. The average Bonchev–Trinajstić information content (AvgIpc) is 2.97. The van der Waals surface area contributed by atoms with Gasteiger partial charge in [-0.3, -0.25) is 4.79 Å². The standard InChI is InChI=1S/C20H21NO2/c1-14(2)21-20(22)12-9-15-7-10-16(11-8-15)19-13-17-5-3-4-6-18(17)23-19/h3-8,10-11,13-14H,9,12H2,1-2H3,(H,21,22). The topological polar surface area (TPSA) is 42.2 Å². The number of carbonyl (C=O) groups is 1. The van der Waals surface area contributed by atoms with Crippen molar-refractivity contribution in [3.63, 3.8) is 0 Å². The van der Waals surface area contributed by atoms with Crippen LogP contribution >= 0.6 is 0 Å². The summed E-state index contributed by atoms with van der Waals surface area (Å²) in [7, 11) is 0. The van der Waals surface area contributed by atoms with Crippen LogP contribution in [0.25, 0.3) is 22.3 Å². The van der Waals surface area contributed by atoms with Gasteiger partial charge in [-0.15, -0.1) is 0 Å². The van der Waals surface area contributed by atoms with Crippen LogP contribution in [0, 0.1) is 0 Å². The smallest absolute Gasteiger partial charge is 0.220 e. The Morgan fingerprint density at radius 3 is 2.52 bits per heavy atom. The van der Waals surface area contributed by atoms with Crippen LogP contribution in [0.5, 0.6) is 0 Å². The number of amides is 1. The van der Waals surface area contributed by atoms with E-state index >= 15 is 0 Å². The molecule has 0 saturated heterocycles. The monoisotopic (exact) mass is 307 g/mol. The Balaban J connectivity index is 1.68. The molecule has 0 aliphatic heterocycles. The number of benzene rings is 2. The molecular formula is C20H21NO2. The summed E-state index contributed by atoms with van der Waals surface area (Å²) in [6, 6.07) is 18.5. The van der Waals surface area contributed by atoms with Crippen molar-refractivity contribution in [2.75, 3.05) is 0 Å². The number of furan rings is 1. The van der Waals surface area contributed by atoms with E-state index in [9.17, 15) is 4.79 Å². The summed E-state index contributed by atoms with van der Waals surface area (Å²) in [4.78, 5) is 11.7. The first kappa shape index (κ1) is 15.3. The van der Waals surface area contributed by atoms with Crippen LogP contribution in [0.15, 0.2) is 59.0 Å². The summed E-state index contributed by atoms with van der Waals surface area (Å²) < 4.78 is 5.87. The highest BCUT2D eigenvalue weighted by molar-refractivity contribution is 5.82. The molecule has 3 heteroatoms. The number of nitrogens with one attached hydrogen (secondary N) is 1. The third-order valence-corrected chi connectivity index (χ3v) is 3.75. The molecule has 0 bridgehead atoms. The molecule has 1 aromatic heterocycles. The van der Waals surface area contributed by atoms with E-state index in [0.717, 1.165) is 34.3 Å². The Morgan fingerprint density at radius 1 is 1.09 bits per heavy atom. The van der Waals surface area contributed by atoms with E-state index in [4.69, 9.17) is 4.42 Å². The lowest BCUT2D eigenvalue weighted by molar-refractivity contribution is -0.121. The highest BCUT2D eigenvalue weighted by Gasteiger charge is 2.07. The first-order valence-electron chi connectivity index (χ1n) is 7.99. The van der Waals surface area contributed by atoms with Crippen molar-refractivity contribution >= 4 is 16.9 Å². The summed E-state index contributed by atoms with van der Waals surface area (Å²) in [5.41, 5.74) is 3.11. The Kier molecular flexibility index (Phi) is 4.47. The first-order chi connectivity index (χ1) is 11.1. The highest BCUT2D eigenvalue weighted by atomic mass is 16.3. The maximum Gasteiger partial charge on any atom is 0.220 e. The maximum atomic E-state index is 11.7. The van der Waals surface area contributed by atoms with Gasteiger partial charge in [0.2, 0.25) is 5.91 Å². The average molecular weight is 307 g/mol. The van der Waals surface area contributed by atoms with Gasteiger partial charge in [0, 0.05) is 23.4 Å². The molecule has 23 heavy (non-hydrogen) atoms. The van der Waals surface area contributed by atoms with E-state index in [1.54, 1.807) is 0 Å². The van der Waals surface area contributed by atoms with E-state index in [1.807, 2.05) is 50.2 Å². The minimum atomic E-state index is 0.0985. The second-order valence-electron chi connectivity index (χ2n) is 6.07. The molecule has 0 spiro atoms. The first-order valence-corrected chi connectivity index (χ1v) is 7.99. The molecule has 1 N–H and O–H groups in total. The number of para-hydroxylation sites is 1. The molecule has 1 heterocycles. The molecule has 2 aromatic carbocycles. The third-order valence-electron chi connectivity index (χ3n) is 3.75. The van der Waals surface area contributed by atoms with Crippen LogP contribution in [0.2, 0.25) is 0 Å². The fraction of sp³-hybridized carbons (Fsp3) is 0.250. The number of aryl methyl sites for hydroxylation is 1. The Bertz CT molecular complexity index is 767. The molecule has 3 rings (SSSR count). The minimum absolute atomic E-state index is 0.0985. The van der Waals surface area contributed by atoms with Crippen LogP contribution in [0.3, 0.4) is 0 Å². The Hall–Kier alpha value is -2.55. The lowest BCUT2D eigenvalue weighted by Crippen LogP contribution is -2.30. The molecule has 0 radical (unpaired) electrons. The largest absolute Gasteiger partial charge is 0.456 e. The van der Waals surface area contributed by atoms with Gasteiger partial charge in [-0.2, -0.15) is 0 Å². The van der Waals surface area contributed by atoms with Crippen LogP contribution in [0.4, 0.5) is 0 Å². The predicted octanol–water partition coefficient (Wildman–Crippen LogP) is 4.56. The van der Waals surface area contributed by atoms with Gasteiger partial charge in [-0.1, -0.05) is 42.5 Å². The maximum absolute atomic E-state index is 11.7. The van der Waals surface area contributed by atoms with E-state index in [-0.39, 0.29) is 11.9 Å². The number of hydrogen-bond donors (Lipinski definition) is 1. The minimum Gasteiger partial charge on any atom is -0.456 e. The van der Waals surface area contributed by atoms with Crippen molar-refractivity contribution in [3.8, 4) is 11.3 Å². The van der Waals surface area contributed by atoms with Gasteiger partial charge in [0.05, 0.1) is 0 Å². The zero-order chi connectivity index (χ0) is 16.2. The highest BCUT2D eigenvalue weighted by Crippen LogP contribution is 2.27. The van der Waals surface area contributed by atoms with Gasteiger partial charge in [-0.05, 0) is 38.0 Å². The summed E-state index contributed by atoms with van der Waals surface area (Å²) in [6.45, 7) is 3.94. The van der Waals surface area contributed by atoms with Crippen LogP contribution in [-0.4, -0.2) is 11.9 Å². The molecule has 0 aliphatic carbocycles. The van der Waals surface area contributed by atoms with E-state index in [2.05, 4.69) is 23.5 Å². The summed E-state index contributed by atoms with van der Waals surface area (Å²) >= 11 is 0. The number of carbonyl (C=O) groups excluding carboxylic acids is 1. The molecule has 1 amide bonds. The van der Waals surface area contributed by atoms with Gasteiger partial charge in [0.1, 0.15) is 11.3 Å². The van der Waals surface area contributed by atoms with Crippen molar-refractivity contribution in [1.29, 1.82) is 0 Å². The fourth-order valence-electron chi connectivity index (χ4n) is 2.61. The number of fused-ring (bicyclic) bond motifs is 1. The van der Waals surface area contributed by atoms with Crippen molar-refractivity contribution in [1.82, 2.24) is 5.32 Å². The Labute approximate surface area is 136 Å². The van der Waals surface area contributed by atoms with E-state index in [0.29, 0.717) is 6.42 Å². The molecular weight excluding hydrogens is 286 g/mol. The molecule has 0 fully saturated rings. The Morgan fingerprint density at radius 2 is 1.83 bits per heavy atom. The third kappa shape index (κ3) is 3.81. The lowest BCUT2D eigenvalue weighted by atomic mass is 10.1. The van der Waals surface area contributed by atoms with Gasteiger partial charge in [0.15, 0.2) is 0 Å². The summed E-state index contributed by atoms with van der Waals surface area (Å²) in [5.74, 6) is 0.969. The molecule has 3 nitrogen and oxygen atoms in total. The lowest BCUT2D eigenvalue weighted by Gasteiger charge is -2.08. The van der Waals surface area contributed by atoms with E-state index < -0.39 is 0 Å². The van der Waals surface area contributed by atoms with Crippen molar-refractivity contribution in [2.24, 2.45) is 0 Å². The zero-order valence-corrected chi connectivity index (χ0v) is 13.5. The molecule has 0 saturated carbocycles. The number of hydrogen-bond acceptors (Lipinski definition) is 2. The summed E-state index contributed by atoms with van der Waals surface area (Å²) in [6.07, 6.45) is 1.27. The molecule has 0 unspecified atom stereocenters.